The minimum absolute atomic E-state index is 0. The normalized spacial score (nSPS) is 21.3. The first-order valence-electron chi connectivity index (χ1n) is 7.68. The van der Waals surface area contributed by atoms with E-state index in [0.717, 1.165) is 30.2 Å². The summed E-state index contributed by atoms with van der Waals surface area (Å²) >= 11 is 3.44. The van der Waals surface area contributed by atoms with Gasteiger partial charge in [0.05, 0.1) is 0 Å². The van der Waals surface area contributed by atoms with Crippen LogP contribution in [0.15, 0.2) is 28.7 Å². The van der Waals surface area contributed by atoms with Gasteiger partial charge in [0.1, 0.15) is 0 Å². The lowest BCUT2D eigenvalue weighted by Crippen LogP contribution is -2.48. The maximum absolute atomic E-state index is 12.5. The Hall–Kier alpha value is -0.580. The zero-order valence-electron chi connectivity index (χ0n) is 13.3. The Balaban J connectivity index is 0.00000242. The molecule has 124 valence electrons. The van der Waals surface area contributed by atoms with Crippen molar-refractivity contribution in [1.29, 1.82) is 0 Å². The van der Waals surface area contributed by atoms with E-state index in [-0.39, 0.29) is 29.8 Å². The zero-order chi connectivity index (χ0) is 15.5. The van der Waals surface area contributed by atoms with Crippen molar-refractivity contribution in [3.05, 3.63) is 34.3 Å². The standard InChI is InChI=1S/C17H25BrN2O.ClH/c1-17(2,10-12-6-8-14(18)9-7-12)20-16(21)15-5-3-4-13(15)11-19;/h6-9,13,15H,3-5,10-11,19H2,1-2H3,(H,20,21);1H/t13-,15-;/m1./s1. The molecule has 0 spiro atoms. The van der Waals surface area contributed by atoms with Crippen molar-refractivity contribution in [3.8, 4) is 0 Å². The Morgan fingerprint density at radius 3 is 2.55 bits per heavy atom. The molecule has 3 N–H and O–H groups in total. The molecule has 1 aliphatic rings. The lowest BCUT2D eigenvalue weighted by Gasteiger charge is -2.29. The van der Waals surface area contributed by atoms with Gasteiger partial charge in [0.2, 0.25) is 5.91 Å². The average molecular weight is 390 g/mol. The van der Waals surface area contributed by atoms with Gasteiger partial charge in [-0.25, -0.2) is 0 Å². The number of hydrogen-bond donors (Lipinski definition) is 2. The molecule has 2 rings (SSSR count). The Bertz CT molecular complexity index is 490. The molecule has 1 aromatic rings. The van der Waals surface area contributed by atoms with Crippen molar-refractivity contribution in [3.63, 3.8) is 0 Å². The summed E-state index contributed by atoms with van der Waals surface area (Å²) in [4.78, 5) is 12.5. The van der Waals surface area contributed by atoms with Crippen molar-refractivity contribution in [1.82, 2.24) is 5.32 Å². The SMILES string of the molecule is CC(C)(Cc1ccc(Br)cc1)NC(=O)[C@@H]1CCC[C@@H]1CN.Cl. The van der Waals surface area contributed by atoms with E-state index >= 15 is 0 Å². The van der Waals surface area contributed by atoms with Crippen molar-refractivity contribution < 1.29 is 4.79 Å². The fraction of sp³-hybridized carbons (Fsp3) is 0.588. The maximum atomic E-state index is 12.5. The van der Waals surface area contributed by atoms with Gasteiger partial charge in [0.15, 0.2) is 0 Å². The number of nitrogens with two attached hydrogens (primary N) is 1. The molecule has 1 fully saturated rings. The van der Waals surface area contributed by atoms with Crippen LogP contribution >= 0.6 is 28.3 Å². The number of benzene rings is 1. The predicted molar refractivity (Wildman–Crippen MR) is 97.2 cm³/mol. The fourth-order valence-electron chi connectivity index (χ4n) is 3.25. The molecule has 0 unspecified atom stereocenters. The zero-order valence-corrected chi connectivity index (χ0v) is 15.7. The van der Waals surface area contributed by atoms with Crippen LogP contribution in [0.3, 0.4) is 0 Å². The molecule has 0 radical (unpaired) electrons. The van der Waals surface area contributed by atoms with Crippen LogP contribution in [-0.4, -0.2) is 18.0 Å². The molecule has 0 heterocycles. The molecule has 0 aliphatic heterocycles. The first-order chi connectivity index (χ1) is 9.91. The van der Waals surface area contributed by atoms with Gasteiger partial charge in [-0.05, 0) is 63.3 Å². The van der Waals surface area contributed by atoms with Crippen LogP contribution in [0.4, 0.5) is 0 Å². The van der Waals surface area contributed by atoms with Gasteiger partial charge in [0.25, 0.3) is 0 Å². The van der Waals surface area contributed by atoms with Gasteiger partial charge >= 0.3 is 0 Å². The highest BCUT2D eigenvalue weighted by molar-refractivity contribution is 9.10. The van der Waals surface area contributed by atoms with E-state index in [4.69, 9.17) is 5.73 Å². The Kier molecular flexibility index (Phi) is 7.36. The maximum Gasteiger partial charge on any atom is 0.223 e. The highest BCUT2D eigenvalue weighted by Gasteiger charge is 2.34. The molecule has 5 heteroatoms. The number of carbonyl (C=O) groups excluding carboxylic acids is 1. The Morgan fingerprint density at radius 1 is 1.32 bits per heavy atom. The van der Waals surface area contributed by atoms with Crippen LogP contribution in [0.1, 0.15) is 38.7 Å². The molecule has 2 atom stereocenters. The van der Waals surface area contributed by atoms with Gasteiger partial charge in [-0.1, -0.05) is 34.5 Å². The van der Waals surface area contributed by atoms with Crippen LogP contribution in [0.2, 0.25) is 0 Å². The summed E-state index contributed by atoms with van der Waals surface area (Å²) in [6.07, 6.45) is 4.00. The van der Waals surface area contributed by atoms with Crippen LogP contribution < -0.4 is 11.1 Å². The summed E-state index contributed by atoms with van der Waals surface area (Å²) in [6, 6.07) is 8.26. The molecule has 1 amide bonds. The molecule has 1 aromatic carbocycles. The molecular weight excluding hydrogens is 364 g/mol. The average Bonchev–Trinajstić information content (AvgIpc) is 2.89. The first kappa shape index (κ1) is 19.5. The Morgan fingerprint density at radius 2 is 1.95 bits per heavy atom. The van der Waals surface area contributed by atoms with Crippen LogP contribution in [0.5, 0.6) is 0 Å². The smallest absolute Gasteiger partial charge is 0.223 e. The molecule has 1 aliphatic carbocycles. The molecule has 1 saturated carbocycles. The van der Waals surface area contributed by atoms with E-state index in [9.17, 15) is 4.79 Å². The Labute approximate surface area is 148 Å². The monoisotopic (exact) mass is 388 g/mol. The predicted octanol–water partition coefficient (Wildman–Crippen LogP) is 3.68. The third kappa shape index (κ3) is 5.25. The third-order valence-corrected chi connectivity index (χ3v) is 4.85. The van der Waals surface area contributed by atoms with Crippen molar-refractivity contribution in [2.45, 2.75) is 45.1 Å². The highest BCUT2D eigenvalue weighted by Crippen LogP contribution is 2.31. The number of carbonyl (C=O) groups is 1. The molecule has 0 saturated heterocycles. The van der Waals surface area contributed by atoms with E-state index in [1.807, 2.05) is 12.1 Å². The summed E-state index contributed by atoms with van der Waals surface area (Å²) in [7, 11) is 0. The molecule has 3 nitrogen and oxygen atoms in total. The van der Waals surface area contributed by atoms with E-state index in [1.165, 1.54) is 5.56 Å². The quantitative estimate of drug-likeness (QED) is 0.807. The second-order valence-electron chi connectivity index (χ2n) is 6.71. The van der Waals surface area contributed by atoms with Gasteiger partial charge in [-0.3, -0.25) is 4.79 Å². The van der Waals surface area contributed by atoms with E-state index in [1.54, 1.807) is 0 Å². The number of nitrogens with one attached hydrogen (secondary N) is 1. The second-order valence-corrected chi connectivity index (χ2v) is 7.63. The van der Waals surface area contributed by atoms with Crippen LogP contribution in [-0.2, 0) is 11.2 Å². The number of hydrogen-bond acceptors (Lipinski definition) is 2. The lowest BCUT2D eigenvalue weighted by atomic mass is 9.91. The van der Waals surface area contributed by atoms with E-state index in [2.05, 4.69) is 47.2 Å². The molecule has 0 bridgehead atoms. The minimum atomic E-state index is -0.243. The highest BCUT2D eigenvalue weighted by atomic mass is 79.9. The fourth-order valence-corrected chi connectivity index (χ4v) is 3.51. The summed E-state index contributed by atoms with van der Waals surface area (Å²) < 4.78 is 1.07. The number of halogens is 2. The number of rotatable bonds is 5. The van der Waals surface area contributed by atoms with Crippen molar-refractivity contribution in [2.24, 2.45) is 17.6 Å². The topological polar surface area (TPSA) is 55.1 Å². The first-order valence-corrected chi connectivity index (χ1v) is 8.47. The van der Waals surface area contributed by atoms with Gasteiger partial charge < -0.3 is 11.1 Å². The summed E-state index contributed by atoms with van der Waals surface area (Å²) in [5.74, 6) is 0.623. The second kappa shape index (κ2) is 8.32. The summed E-state index contributed by atoms with van der Waals surface area (Å²) in [6.45, 7) is 4.78. The van der Waals surface area contributed by atoms with E-state index in [0.29, 0.717) is 12.5 Å². The van der Waals surface area contributed by atoms with Gasteiger partial charge in [-0.15, -0.1) is 12.4 Å². The van der Waals surface area contributed by atoms with Crippen LogP contribution in [0, 0.1) is 11.8 Å². The van der Waals surface area contributed by atoms with Crippen LogP contribution in [0.25, 0.3) is 0 Å². The van der Waals surface area contributed by atoms with Gasteiger partial charge in [0, 0.05) is 15.9 Å². The molecular formula is C17H26BrClN2O. The van der Waals surface area contributed by atoms with Crippen molar-refractivity contribution >= 4 is 34.2 Å². The van der Waals surface area contributed by atoms with E-state index < -0.39 is 0 Å². The summed E-state index contributed by atoms with van der Waals surface area (Å²) in [5, 5.41) is 3.22. The minimum Gasteiger partial charge on any atom is -0.351 e. The molecule has 0 aromatic heterocycles. The lowest BCUT2D eigenvalue weighted by molar-refractivity contribution is -0.127. The number of amides is 1. The largest absolute Gasteiger partial charge is 0.351 e. The summed E-state index contributed by atoms with van der Waals surface area (Å²) in [5.41, 5.74) is 6.76. The third-order valence-electron chi connectivity index (χ3n) is 4.32. The molecule has 22 heavy (non-hydrogen) atoms. The van der Waals surface area contributed by atoms with Gasteiger partial charge in [-0.2, -0.15) is 0 Å². The van der Waals surface area contributed by atoms with Crippen molar-refractivity contribution in [2.75, 3.05) is 6.54 Å².